The lowest BCUT2D eigenvalue weighted by Crippen LogP contribution is -2.18. The van der Waals surface area contributed by atoms with Crippen molar-refractivity contribution in [3.05, 3.63) is 23.3 Å². The molecule has 3 heteroatoms. The molecule has 0 saturated heterocycles. The Labute approximate surface area is 109 Å². The first-order valence-corrected chi connectivity index (χ1v) is 7.35. The molecule has 98 valence electrons. The van der Waals surface area contributed by atoms with Gasteiger partial charge in [-0.05, 0) is 44.6 Å². The molecule has 2 fully saturated rings. The zero-order chi connectivity index (χ0) is 12.5. The Morgan fingerprint density at radius 3 is 2.50 bits per heavy atom. The second kappa shape index (κ2) is 4.96. The number of nitrogens with zero attached hydrogens (tertiary/aromatic N) is 2. The van der Waals surface area contributed by atoms with Gasteiger partial charge in [-0.1, -0.05) is 19.3 Å². The van der Waals surface area contributed by atoms with Gasteiger partial charge in [-0.25, -0.2) is 9.97 Å². The normalized spacial score (nSPS) is 23.0. The SMILES string of the molecule is Cc1cc(C2CCCCC2)nc(C(N)C2CC2)n1. The summed E-state index contributed by atoms with van der Waals surface area (Å²) in [6.07, 6.45) is 9.14. The monoisotopic (exact) mass is 245 g/mol. The van der Waals surface area contributed by atoms with Crippen LogP contribution in [0.5, 0.6) is 0 Å². The number of hydrogen-bond donors (Lipinski definition) is 1. The minimum absolute atomic E-state index is 0.0623. The van der Waals surface area contributed by atoms with Crippen molar-refractivity contribution in [3.8, 4) is 0 Å². The van der Waals surface area contributed by atoms with Gasteiger partial charge < -0.3 is 5.73 Å². The van der Waals surface area contributed by atoms with Crippen LogP contribution in [0.25, 0.3) is 0 Å². The molecular weight excluding hydrogens is 222 g/mol. The van der Waals surface area contributed by atoms with Crippen LogP contribution in [-0.4, -0.2) is 9.97 Å². The third-order valence-electron chi connectivity index (χ3n) is 4.34. The van der Waals surface area contributed by atoms with Gasteiger partial charge in [-0.2, -0.15) is 0 Å². The molecule has 1 unspecified atom stereocenters. The van der Waals surface area contributed by atoms with E-state index in [2.05, 4.69) is 18.0 Å². The first kappa shape index (κ1) is 12.1. The molecule has 0 spiro atoms. The molecule has 0 aromatic carbocycles. The molecule has 0 bridgehead atoms. The van der Waals surface area contributed by atoms with E-state index in [-0.39, 0.29) is 6.04 Å². The second-order valence-corrected chi connectivity index (χ2v) is 5.99. The quantitative estimate of drug-likeness (QED) is 0.889. The molecule has 2 aliphatic carbocycles. The first-order valence-electron chi connectivity index (χ1n) is 7.35. The summed E-state index contributed by atoms with van der Waals surface area (Å²) < 4.78 is 0. The van der Waals surface area contributed by atoms with Gasteiger partial charge in [0.05, 0.1) is 6.04 Å². The van der Waals surface area contributed by atoms with Crippen LogP contribution in [0.15, 0.2) is 6.07 Å². The highest BCUT2D eigenvalue weighted by atomic mass is 14.9. The van der Waals surface area contributed by atoms with E-state index < -0.39 is 0 Å². The van der Waals surface area contributed by atoms with Crippen molar-refractivity contribution >= 4 is 0 Å². The van der Waals surface area contributed by atoms with Crippen LogP contribution in [0.3, 0.4) is 0 Å². The van der Waals surface area contributed by atoms with Crippen molar-refractivity contribution < 1.29 is 0 Å². The lowest BCUT2D eigenvalue weighted by Gasteiger charge is -2.22. The fraction of sp³-hybridized carbons (Fsp3) is 0.733. The topological polar surface area (TPSA) is 51.8 Å². The lowest BCUT2D eigenvalue weighted by atomic mass is 9.86. The molecular formula is C15H23N3. The molecule has 1 heterocycles. The Hall–Kier alpha value is -0.960. The molecule has 0 radical (unpaired) electrons. The van der Waals surface area contributed by atoms with Crippen LogP contribution in [0.2, 0.25) is 0 Å². The van der Waals surface area contributed by atoms with Crippen molar-refractivity contribution in [1.82, 2.24) is 9.97 Å². The van der Waals surface area contributed by atoms with E-state index >= 15 is 0 Å². The Morgan fingerprint density at radius 1 is 1.11 bits per heavy atom. The maximum atomic E-state index is 6.24. The molecule has 2 saturated carbocycles. The highest BCUT2D eigenvalue weighted by Gasteiger charge is 2.32. The number of hydrogen-bond acceptors (Lipinski definition) is 3. The van der Waals surface area contributed by atoms with Crippen molar-refractivity contribution in [3.63, 3.8) is 0 Å². The van der Waals surface area contributed by atoms with Gasteiger partial charge in [0.25, 0.3) is 0 Å². The summed E-state index contributed by atoms with van der Waals surface area (Å²) in [5.74, 6) is 2.16. The van der Waals surface area contributed by atoms with E-state index in [1.54, 1.807) is 0 Å². The average Bonchev–Trinajstić information content (AvgIpc) is 3.22. The molecule has 1 aromatic rings. The lowest BCUT2D eigenvalue weighted by molar-refractivity contribution is 0.433. The van der Waals surface area contributed by atoms with Crippen molar-refractivity contribution in [2.45, 2.75) is 63.8 Å². The van der Waals surface area contributed by atoms with Gasteiger partial charge >= 0.3 is 0 Å². The van der Waals surface area contributed by atoms with Crippen LogP contribution in [0.1, 0.15) is 74.1 Å². The number of aryl methyl sites for hydroxylation is 1. The number of nitrogens with two attached hydrogens (primary N) is 1. The van der Waals surface area contributed by atoms with Crippen LogP contribution < -0.4 is 5.73 Å². The van der Waals surface area contributed by atoms with Gasteiger partial charge in [-0.3, -0.25) is 0 Å². The molecule has 0 aliphatic heterocycles. The van der Waals surface area contributed by atoms with Gasteiger partial charge in [0.1, 0.15) is 5.82 Å². The van der Waals surface area contributed by atoms with Crippen LogP contribution in [-0.2, 0) is 0 Å². The third kappa shape index (κ3) is 2.56. The van der Waals surface area contributed by atoms with Crippen LogP contribution in [0.4, 0.5) is 0 Å². The van der Waals surface area contributed by atoms with Gasteiger partial charge in [0.2, 0.25) is 0 Å². The highest BCUT2D eigenvalue weighted by molar-refractivity contribution is 5.17. The summed E-state index contributed by atoms with van der Waals surface area (Å²) >= 11 is 0. The van der Waals surface area contributed by atoms with E-state index in [4.69, 9.17) is 10.7 Å². The summed E-state index contributed by atoms with van der Waals surface area (Å²) in [5.41, 5.74) is 8.57. The average molecular weight is 245 g/mol. The Balaban J connectivity index is 1.84. The largest absolute Gasteiger partial charge is 0.321 e. The maximum absolute atomic E-state index is 6.24. The number of aromatic nitrogens is 2. The van der Waals surface area contributed by atoms with Crippen LogP contribution >= 0.6 is 0 Å². The molecule has 1 atom stereocenters. The predicted octanol–water partition coefficient (Wildman–Crippen LogP) is 3.24. The van der Waals surface area contributed by atoms with Gasteiger partial charge in [0, 0.05) is 17.3 Å². The fourth-order valence-corrected chi connectivity index (χ4v) is 3.04. The Kier molecular flexibility index (Phi) is 3.33. The number of rotatable bonds is 3. The third-order valence-corrected chi connectivity index (χ3v) is 4.34. The standard InChI is InChI=1S/C15H23N3/c1-10-9-13(11-5-3-2-4-6-11)18-15(17-10)14(16)12-7-8-12/h9,11-12,14H,2-8,16H2,1H3. The van der Waals surface area contributed by atoms with Crippen molar-refractivity contribution in [2.24, 2.45) is 11.7 Å². The second-order valence-electron chi connectivity index (χ2n) is 5.99. The van der Waals surface area contributed by atoms with E-state index in [0.717, 1.165) is 11.5 Å². The zero-order valence-corrected chi connectivity index (χ0v) is 11.2. The summed E-state index contributed by atoms with van der Waals surface area (Å²) in [5, 5.41) is 0. The fourth-order valence-electron chi connectivity index (χ4n) is 3.04. The Bertz CT molecular complexity index is 420. The highest BCUT2D eigenvalue weighted by Crippen LogP contribution is 2.39. The summed E-state index contributed by atoms with van der Waals surface area (Å²) in [6.45, 7) is 2.07. The molecule has 3 nitrogen and oxygen atoms in total. The van der Waals surface area contributed by atoms with E-state index in [1.165, 1.54) is 50.6 Å². The molecule has 2 N–H and O–H groups in total. The minimum Gasteiger partial charge on any atom is -0.321 e. The van der Waals surface area contributed by atoms with Crippen LogP contribution in [0, 0.1) is 12.8 Å². The summed E-state index contributed by atoms with van der Waals surface area (Å²) in [7, 11) is 0. The molecule has 3 rings (SSSR count). The smallest absolute Gasteiger partial charge is 0.145 e. The maximum Gasteiger partial charge on any atom is 0.145 e. The molecule has 18 heavy (non-hydrogen) atoms. The van der Waals surface area contributed by atoms with Crippen molar-refractivity contribution in [2.75, 3.05) is 0 Å². The van der Waals surface area contributed by atoms with E-state index in [1.807, 2.05) is 0 Å². The molecule has 0 amide bonds. The van der Waals surface area contributed by atoms with Gasteiger partial charge in [-0.15, -0.1) is 0 Å². The summed E-state index contributed by atoms with van der Waals surface area (Å²) in [6, 6.07) is 2.23. The Morgan fingerprint density at radius 2 is 1.83 bits per heavy atom. The molecule has 1 aromatic heterocycles. The zero-order valence-electron chi connectivity index (χ0n) is 11.2. The van der Waals surface area contributed by atoms with E-state index in [0.29, 0.717) is 11.8 Å². The minimum atomic E-state index is 0.0623. The predicted molar refractivity (Wildman–Crippen MR) is 72.2 cm³/mol. The van der Waals surface area contributed by atoms with Crippen molar-refractivity contribution in [1.29, 1.82) is 0 Å². The molecule has 2 aliphatic rings. The van der Waals surface area contributed by atoms with Gasteiger partial charge in [0.15, 0.2) is 0 Å². The summed E-state index contributed by atoms with van der Waals surface area (Å²) in [4.78, 5) is 9.34. The van der Waals surface area contributed by atoms with E-state index in [9.17, 15) is 0 Å². The first-order chi connectivity index (χ1) is 8.74.